The van der Waals surface area contributed by atoms with E-state index in [9.17, 15) is 13.2 Å². The number of hydrogen-bond acceptors (Lipinski definition) is 4. The number of hydrogen-bond donors (Lipinski definition) is 1. The Labute approximate surface area is 172 Å². The van der Waals surface area contributed by atoms with Crippen LogP contribution in [0.4, 0.5) is 11.4 Å². The first-order chi connectivity index (χ1) is 13.7. The number of sulfonamides is 1. The molecular weight excluding hydrogens is 386 g/mol. The van der Waals surface area contributed by atoms with Crippen LogP contribution in [0.2, 0.25) is 0 Å². The lowest BCUT2D eigenvalue weighted by Crippen LogP contribution is -2.34. The van der Waals surface area contributed by atoms with Crippen molar-refractivity contribution < 1.29 is 13.2 Å². The SMILES string of the molecule is CCCN1C(C)=NS(=O)(=O)c2cc(C(=O)Nc3c(C)cccc3C(C)C)ccc21. The Morgan fingerprint density at radius 3 is 2.55 bits per heavy atom. The molecule has 1 aliphatic heterocycles. The summed E-state index contributed by atoms with van der Waals surface area (Å²) in [6.45, 7) is 10.4. The molecule has 1 amide bonds. The molecular formula is C22H27N3O3S. The highest BCUT2D eigenvalue weighted by Crippen LogP contribution is 2.33. The number of aryl methyl sites for hydroxylation is 1. The minimum atomic E-state index is -3.83. The van der Waals surface area contributed by atoms with E-state index in [0.717, 1.165) is 23.2 Å². The third-order valence-electron chi connectivity index (χ3n) is 5.05. The molecule has 0 fully saturated rings. The van der Waals surface area contributed by atoms with Gasteiger partial charge in [0.25, 0.3) is 15.9 Å². The second-order valence-corrected chi connectivity index (χ2v) is 9.17. The zero-order chi connectivity index (χ0) is 21.3. The quantitative estimate of drug-likeness (QED) is 0.770. The molecule has 2 aromatic carbocycles. The van der Waals surface area contributed by atoms with Crippen LogP contribution in [0, 0.1) is 6.92 Å². The lowest BCUT2D eigenvalue weighted by Gasteiger charge is -2.29. The first kappa shape index (κ1) is 21.0. The van der Waals surface area contributed by atoms with Crippen LogP contribution in [0.25, 0.3) is 0 Å². The number of fused-ring (bicyclic) bond motifs is 1. The second kappa shape index (κ2) is 7.99. The largest absolute Gasteiger partial charge is 0.328 e. The Hall–Kier alpha value is -2.67. The van der Waals surface area contributed by atoms with Gasteiger partial charge in [-0.3, -0.25) is 4.79 Å². The van der Waals surface area contributed by atoms with E-state index in [1.807, 2.05) is 36.9 Å². The number of anilines is 2. The first-order valence-electron chi connectivity index (χ1n) is 9.79. The molecule has 6 nitrogen and oxygen atoms in total. The van der Waals surface area contributed by atoms with Gasteiger partial charge < -0.3 is 10.2 Å². The molecule has 0 aliphatic carbocycles. The van der Waals surface area contributed by atoms with Crippen molar-refractivity contribution in [2.45, 2.75) is 51.9 Å². The van der Waals surface area contributed by atoms with Crippen molar-refractivity contribution in [3.05, 3.63) is 53.1 Å². The number of amidine groups is 1. The molecule has 0 saturated carbocycles. The summed E-state index contributed by atoms with van der Waals surface area (Å²) >= 11 is 0. The average molecular weight is 414 g/mol. The van der Waals surface area contributed by atoms with Gasteiger partial charge in [0, 0.05) is 17.8 Å². The van der Waals surface area contributed by atoms with E-state index in [0.29, 0.717) is 18.1 Å². The highest BCUT2D eigenvalue weighted by molar-refractivity contribution is 7.90. The maximum Gasteiger partial charge on any atom is 0.286 e. The van der Waals surface area contributed by atoms with Crippen LogP contribution in [-0.4, -0.2) is 26.7 Å². The van der Waals surface area contributed by atoms with Gasteiger partial charge in [-0.25, -0.2) is 0 Å². The predicted molar refractivity (Wildman–Crippen MR) is 118 cm³/mol. The Kier molecular flexibility index (Phi) is 5.80. The highest BCUT2D eigenvalue weighted by atomic mass is 32.2. The maximum absolute atomic E-state index is 13.0. The summed E-state index contributed by atoms with van der Waals surface area (Å²) in [4.78, 5) is 14.9. The summed E-state index contributed by atoms with van der Waals surface area (Å²) in [5.41, 5.74) is 3.63. The Morgan fingerprint density at radius 2 is 1.90 bits per heavy atom. The van der Waals surface area contributed by atoms with E-state index in [1.165, 1.54) is 6.07 Å². The third-order valence-corrected chi connectivity index (χ3v) is 6.43. The van der Waals surface area contributed by atoms with Crippen LogP contribution in [0.15, 0.2) is 45.7 Å². The fraction of sp³-hybridized carbons (Fsp3) is 0.364. The van der Waals surface area contributed by atoms with Crippen LogP contribution in [0.5, 0.6) is 0 Å². The minimum Gasteiger partial charge on any atom is -0.328 e. The molecule has 0 saturated heterocycles. The normalized spacial score (nSPS) is 15.1. The van der Waals surface area contributed by atoms with Gasteiger partial charge >= 0.3 is 0 Å². The smallest absolute Gasteiger partial charge is 0.286 e. The summed E-state index contributed by atoms with van der Waals surface area (Å²) in [5, 5.41) is 2.97. The predicted octanol–water partition coefficient (Wildman–Crippen LogP) is 4.71. The Morgan fingerprint density at radius 1 is 1.17 bits per heavy atom. The topological polar surface area (TPSA) is 78.8 Å². The van der Waals surface area contributed by atoms with Gasteiger partial charge in [-0.2, -0.15) is 8.42 Å². The monoisotopic (exact) mass is 413 g/mol. The highest BCUT2D eigenvalue weighted by Gasteiger charge is 2.29. The molecule has 0 radical (unpaired) electrons. The van der Waals surface area contributed by atoms with E-state index < -0.39 is 10.0 Å². The van der Waals surface area contributed by atoms with Crippen molar-refractivity contribution >= 4 is 33.1 Å². The van der Waals surface area contributed by atoms with Gasteiger partial charge in [-0.15, -0.1) is 4.40 Å². The molecule has 1 aliphatic rings. The molecule has 3 rings (SSSR count). The number of amides is 1. The average Bonchev–Trinajstić information content (AvgIpc) is 2.65. The van der Waals surface area contributed by atoms with Crippen molar-refractivity contribution in [3.8, 4) is 0 Å². The molecule has 154 valence electrons. The zero-order valence-corrected chi connectivity index (χ0v) is 18.3. The molecule has 7 heteroatoms. The zero-order valence-electron chi connectivity index (χ0n) is 17.5. The number of rotatable bonds is 5. The lowest BCUT2D eigenvalue weighted by atomic mass is 9.98. The summed E-state index contributed by atoms with van der Waals surface area (Å²) in [6, 6.07) is 10.7. The number of nitrogens with zero attached hydrogens (tertiary/aromatic N) is 2. The van der Waals surface area contributed by atoms with Crippen LogP contribution in [0.1, 0.15) is 61.5 Å². The molecule has 2 aromatic rings. The number of carbonyl (C=O) groups excluding carboxylic acids is 1. The number of para-hydroxylation sites is 1. The van der Waals surface area contributed by atoms with Gasteiger partial charge in [0.1, 0.15) is 10.7 Å². The van der Waals surface area contributed by atoms with Crippen LogP contribution < -0.4 is 10.2 Å². The Balaban J connectivity index is 2.01. The van der Waals surface area contributed by atoms with Crippen LogP contribution in [-0.2, 0) is 10.0 Å². The van der Waals surface area contributed by atoms with Crippen LogP contribution in [0.3, 0.4) is 0 Å². The summed E-state index contributed by atoms with van der Waals surface area (Å²) in [7, 11) is -3.83. The molecule has 0 bridgehead atoms. The fourth-order valence-corrected chi connectivity index (χ4v) is 4.83. The third kappa shape index (κ3) is 4.05. The molecule has 0 aromatic heterocycles. The molecule has 0 spiro atoms. The van der Waals surface area contributed by atoms with Crippen molar-refractivity contribution in [3.63, 3.8) is 0 Å². The van der Waals surface area contributed by atoms with E-state index >= 15 is 0 Å². The molecule has 29 heavy (non-hydrogen) atoms. The van der Waals surface area contributed by atoms with Crippen LogP contribution >= 0.6 is 0 Å². The second-order valence-electron chi connectivity index (χ2n) is 7.60. The lowest BCUT2D eigenvalue weighted by molar-refractivity contribution is 0.102. The van der Waals surface area contributed by atoms with Crippen molar-refractivity contribution in [1.29, 1.82) is 0 Å². The van der Waals surface area contributed by atoms with Gasteiger partial charge in [0.2, 0.25) is 0 Å². The fourth-order valence-electron chi connectivity index (χ4n) is 3.57. The van der Waals surface area contributed by atoms with Crippen molar-refractivity contribution in [2.24, 2.45) is 4.40 Å². The molecule has 1 N–H and O–H groups in total. The van der Waals surface area contributed by atoms with Gasteiger partial charge in [0.15, 0.2) is 0 Å². The number of benzene rings is 2. The summed E-state index contributed by atoms with van der Waals surface area (Å²) in [5.74, 6) is 0.347. The van der Waals surface area contributed by atoms with Crippen molar-refractivity contribution in [1.82, 2.24) is 0 Å². The Bertz CT molecular complexity index is 1090. The van der Waals surface area contributed by atoms with E-state index in [2.05, 4.69) is 23.6 Å². The minimum absolute atomic E-state index is 0.0677. The first-order valence-corrected chi connectivity index (χ1v) is 11.2. The summed E-state index contributed by atoms with van der Waals surface area (Å²) < 4.78 is 29.1. The van der Waals surface area contributed by atoms with Gasteiger partial charge in [0.05, 0.1) is 5.69 Å². The standard InChI is InChI=1S/C22H27N3O3S/c1-6-12-25-16(5)24-29(27,28)20-13-17(10-11-19(20)25)22(26)23-21-15(4)8-7-9-18(21)14(2)3/h7-11,13-14H,6,12H2,1-5H3,(H,23,26). The van der Waals surface area contributed by atoms with E-state index in [1.54, 1.807) is 19.1 Å². The summed E-state index contributed by atoms with van der Waals surface area (Å²) in [6.07, 6.45) is 0.847. The van der Waals surface area contributed by atoms with Crippen molar-refractivity contribution in [2.75, 3.05) is 16.8 Å². The molecule has 0 unspecified atom stereocenters. The van der Waals surface area contributed by atoms with E-state index in [-0.39, 0.29) is 22.3 Å². The van der Waals surface area contributed by atoms with Gasteiger partial charge in [-0.1, -0.05) is 39.0 Å². The number of carbonyl (C=O) groups is 1. The van der Waals surface area contributed by atoms with Gasteiger partial charge in [-0.05, 0) is 55.5 Å². The number of nitrogens with one attached hydrogen (secondary N) is 1. The molecule has 0 atom stereocenters. The molecule has 1 heterocycles. The maximum atomic E-state index is 13.0. The van der Waals surface area contributed by atoms with E-state index in [4.69, 9.17) is 0 Å².